The molecule has 0 spiro atoms. The van der Waals surface area contributed by atoms with E-state index in [2.05, 4.69) is 0 Å². The van der Waals surface area contributed by atoms with E-state index >= 15 is 0 Å². The van der Waals surface area contributed by atoms with Gasteiger partial charge in [-0.2, -0.15) is 0 Å². The highest BCUT2D eigenvalue weighted by Crippen LogP contribution is 2.26. The summed E-state index contributed by atoms with van der Waals surface area (Å²) in [6.45, 7) is -0.390. The van der Waals surface area contributed by atoms with Crippen LogP contribution in [0.4, 0.5) is 0 Å². The molecule has 2 heterocycles. The van der Waals surface area contributed by atoms with Crippen LogP contribution in [0.15, 0.2) is 24.0 Å². The number of carbonyl (C=O) groups excluding carboxylic acids is 1. The summed E-state index contributed by atoms with van der Waals surface area (Å²) in [5.74, 6) is -0.545. The Balaban J connectivity index is 2.15. The van der Waals surface area contributed by atoms with E-state index in [1.807, 2.05) is 0 Å². The quantitative estimate of drug-likeness (QED) is 0.465. The van der Waals surface area contributed by atoms with E-state index in [0.717, 1.165) is 0 Å². The van der Waals surface area contributed by atoms with Crippen LogP contribution in [0.5, 0.6) is 0 Å². The third-order valence-corrected chi connectivity index (χ3v) is 3.05. The van der Waals surface area contributed by atoms with E-state index in [4.69, 9.17) is 15.6 Å². The summed E-state index contributed by atoms with van der Waals surface area (Å²) in [5.41, 5.74) is 5.57. The molecule has 0 radical (unpaired) electrons. The Morgan fingerprint density at radius 3 is 2.78 bits per heavy atom. The fourth-order valence-corrected chi connectivity index (χ4v) is 2.03. The number of hydrogen-bond acceptors (Lipinski definition) is 6. The van der Waals surface area contributed by atoms with Crippen LogP contribution in [0.2, 0.25) is 0 Å². The molecule has 100 valence electrons. The predicted octanol–water partition coefficient (Wildman–Crippen LogP) is -1.99. The number of primary amides is 1. The van der Waals surface area contributed by atoms with Gasteiger partial charge in [0.25, 0.3) is 0 Å². The van der Waals surface area contributed by atoms with Gasteiger partial charge in [-0.1, -0.05) is 6.08 Å². The molecule has 0 bridgehead atoms. The summed E-state index contributed by atoms with van der Waals surface area (Å²) in [4.78, 5) is 12.5. The van der Waals surface area contributed by atoms with Gasteiger partial charge in [0.2, 0.25) is 5.91 Å². The first kappa shape index (κ1) is 13.0. The van der Waals surface area contributed by atoms with Crippen LogP contribution in [-0.2, 0) is 9.53 Å². The Morgan fingerprint density at radius 1 is 1.50 bits per heavy atom. The minimum absolute atomic E-state index is 0.384. The van der Waals surface area contributed by atoms with Crippen LogP contribution in [0.25, 0.3) is 0 Å². The number of aliphatic hydroxyl groups excluding tert-OH is 3. The monoisotopic (exact) mass is 256 g/mol. The Labute approximate surface area is 104 Å². The van der Waals surface area contributed by atoms with Crippen LogP contribution in [-0.4, -0.2) is 57.3 Å². The number of ether oxygens (including phenoxy) is 1. The van der Waals surface area contributed by atoms with Crippen molar-refractivity contribution < 1.29 is 24.9 Å². The molecule has 1 unspecified atom stereocenters. The van der Waals surface area contributed by atoms with Crippen molar-refractivity contribution in [2.45, 2.75) is 31.0 Å². The molecule has 1 amide bonds. The zero-order chi connectivity index (χ0) is 13.3. The van der Waals surface area contributed by atoms with Crippen molar-refractivity contribution in [2.75, 3.05) is 6.61 Å². The van der Waals surface area contributed by atoms with Crippen molar-refractivity contribution in [1.82, 2.24) is 4.90 Å². The lowest BCUT2D eigenvalue weighted by atomic mass is 10.1. The van der Waals surface area contributed by atoms with Crippen molar-refractivity contribution in [1.29, 1.82) is 0 Å². The fourth-order valence-electron chi connectivity index (χ4n) is 2.03. The number of hydrogen-bond donors (Lipinski definition) is 4. The molecule has 2 aliphatic rings. The van der Waals surface area contributed by atoms with Crippen molar-refractivity contribution in [2.24, 2.45) is 5.73 Å². The highest BCUT2D eigenvalue weighted by Gasteiger charge is 2.44. The van der Waals surface area contributed by atoms with Gasteiger partial charge in [-0.3, -0.25) is 4.79 Å². The summed E-state index contributed by atoms with van der Waals surface area (Å²) in [7, 11) is 0. The highest BCUT2D eigenvalue weighted by molar-refractivity contribution is 5.92. The van der Waals surface area contributed by atoms with Crippen molar-refractivity contribution in [3.8, 4) is 0 Å². The first-order valence-electron chi connectivity index (χ1n) is 5.61. The lowest BCUT2D eigenvalue weighted by Gasteiger charge is -2.28. The topological polar surface area (TPSA) is 116 Å². The van der Waals surface area contributed by atoms with Gasteiger partial charge in [0.1, 0.15) is 18.3 Å². The molecule has 0 aromatic rings. The van der Waals surface area contributed by atoms with Crippen LogP contribution in [0, 0.1) is 0 Å². The number of allylic oxidation sites excluding steroid dienone is 1. The van der Waals surface area contributed by atoms with Gasteiger partial charge >= 0.3 is 0 Å². The smallest absolute Gasteiger partial charge is 0.246 e. The average molecular weight is 256 g/mol. The molecule has 18 heavy (non-hydrogen) atoms. The zero-order valence-electron chi connectivity index (χ0n) is 9.64. The lowest BCUT2D eigenvalue weighted by Crippen LogP contribution is -2.40. The first-order valence-corrected chi connectivity index (χ1v) is 5.61. The average Bonchev–Trinajstić information content (AvgIpc) is 2.66. The molecule has 2 aliphatic heterocycles. The van der Waals surface area contributed by atoms with Gasteiger partial charge in [0, 0.05) is 18.0 Å². The van der Waals surface area contributed by atoms with E-state index in [9.17, 15) is 15.0 Å². The van der Waals surface area contributed by atoms with Gasteiger partial charge in [-0.15, -0.1) is 0 Å². The first-order chi connectivity index (χ1) is 8.54. The molecule has 0 aliphatic carbocycles. The maximum absolute atomic E-state index is 11.1. The van der Waals surface area contributed by atoms with Gasteiger partial charge in [-0.05, 0) is 6.42 Å². The standard InChI is InChI=1S/C11H16N2O5/c12-10(17)6-2-1-3-13(4-6)11-9(16)8(15)7(5-14)18-11/h1,3-4,7-9,11,14-16H,2,5H2,(H2,12,17)/t7-,8+,9?,11-/m1/s1. The molecule has 0 aromatic heterocycles. The minimum atomic E-state index is -1.17. The largest absolute Gasteiger partial charge is 0.394 e. The van der Waals surface area contributed by atoms with E-state index in [1.54, 1.807) is 12.3 Å². The second-order valence-electron chi connectivity index (χ2n) is 4.28. The van der Waals surface area contributed by atoms with Gasteiger partial charge in [-0.25, -0.2) is 0 Å². The Hall–Kier alpha value is -1.41. The molecule has 0 aromatic carbocycles. The Morgan fingerprint density at radius 2 is 2.22 bits per heavy atom. The van der Waals surface area contributed by atoms with Crippen LogP contribution < -0.4 is 5.73 Å². The van der Waals surface area contributed by atoms with Gasteiger partial charge in [0.15, 0.2) is 6.23 Å². The second-order valence-corrected chi connectivity index (χ2v) is 4.28. The van der Waals surface area contributed by atoms with E-state index < -0.39 is 37.1 Å². The summed E-state index contributed by atoms with van der Waals surface area (Å²) in [6.07, 6.45) is 1.20. The molecule has 0 saturated carbocycles. The van der Waals surface area contributed by atoms with E-state index in [1.165, 1.54) is 11.1 Å². The lowest BCUT2D eigenvalue weighted by molar-refractivity contribution is -0.114. The van der Waals surface area contributed by atoms with Gasteiger partial charge in [0.05, 0.1) is 6.61 Å². The van der Waals surface area contributed by atoms with Crippen LogP contribution in [0.3, 0.4) is 0 Å². The summed E-state index contributed by atoms with van der Waals surface area (Å²) < 4.78 is 5.33. The number of nitrogens with zero attached hydrogens (tertiary/aromatic N) is 1. The third-order valence-electron chi connectivity index (χ3n) is 3.05. The summed E-state index contributed by atoms with van der Waals surface area (Å²) in [6, 6.07) is 0. The number of rotatable bonds is 3. The number of amides is 1. The molecule has 2 rings (SSSR count). The maximum Gasteiger partial charge on any atom is 0.246 e. The Kier molecular flexibility index (Phi) is 3.67. The van der Waals surface area contributed by atoms with Gasteiger partial charge < -0.3 is 30.7 Å². The maximum atomic E-state index is 11.1. The molecule has 7 heteroatoms. The molecule has 5 N–H and O–H groups in total. The molecular weight excluding hydrogens is 240 g/mol. The molecular formula is C11H16N2O5. The molecule has 1 fully saturated rings. The van der Waals surface area contributed by atoms with Crippen molar-refractivity contribution >= 4 is 5.91 Å². The zero-order valence-corrected chi connectivity index (χ0v) is 9.64. The van der Waals surface area contributed by atoms with Crippen molar-refractivity contribution in [3.05, 3.63) is 24.0 Å². The minimum Gasteiger partial charge on any atom is -0.394 e. The SMILES string of the molecule is NC(=O)C1=CN([C@@H]2O[C@H](CO)[C@H](O)C2O)C=CC1. The van der Waals surface area contributed by atoms with E-state index in [0.29, 0.717) is 12.0 Å². The van der Waals surface area contributed by atoms with Crippen LogP contribution in [0.1, 0.15) is 6.42 Å². The van der Waals surface area contributed by atoms with Crippen molar-refractivity contribution in [3.63, 3.8) is 0 Å². The van der Waals surface area contributed by atoms with Crippen LogP contribution >= 0.6 is 0 Å². The Bertz CT molecular complexity index is 395. The van der Waals surface area contributed by atoms with E-state index in [-0.39, 0.29) is 0 Å². The normalized spacial score (nSPS) is 35.7. The number of carbonyl (C=O) groups is 1. The predicted molar refractivity (Wildman–Crippen MR) is 60.6 cm³/mol. The molecule has 4 atom stereocenters. The molecule has 1 saturated heterocycles. The fraction of sp³-hybridized carbons (Fsp3) is 0.545. The summed E-state index contributed by atoms with van der Waals surface area (Å²) in [5, 5.41) is 28.5. The number of nitrogens with two attached hydrogens (primary N) is 1. The number of aliphatic hydroxyl groups is 3. The summed E-state index contributed by atoms with van der Waals surface area (Å²) >= 11 is 0. The highest BCUT2D eigenvalue weighted by atomic mass is 16.6. The second kappa shape index (κ2) is 5.07. The third kappa shape index (κ3) is 2.25. The molecule has 7 nitrogen and oxygen atoms in total.